The van der Waals surface area contributed by atoms with E-state index in [0.29, 0.717) is 13.1 Å². The van der Waals surface area contributed by atoms with E-state index in [1.54, 1.807) is 6.92 Å². The number of carbonyl (C=O) groups is 1. The number of alkyl halides is 1. The van der Waals surface area contributed by atoms with Crippen LogP contribution in [0.1, 0.15) is 13.3 Å². The number of hydrogen-bond donors (Lipinski definition) is 0. The lowest BCUT2D eigenvalue weighted by Gasteiger charge is -2.23. The second-order valence-corrected chi connectivity index (χ2v) is 2.86. The van der Waals surface area contributed by atoms with Crippen LogP contribution in [0.25, 0.3) is 0 Å². The predicted octanol–water partition coefficient (Wildman–Crippen LogP) is 0.903. The molecule has 4 heteroatoms. The summed E-state index contributed by atoms with van der Waals surface area (Å²) in [6.07, 6.45) is 0.728. The second kappa shape index (κ2) is 2.76. The van der Waals surface area contributed by atoms with E-state index in [1.807, 2.05) is 0 Å². The fourth-order valence-electron chi connectivity index (χ4n) is 0.921. The molecule has 0 N–H and O–H groups in total. The first kappa shape index (κ1) is 7.82. The van der Waals surface area contributed by atoms with E-state index in [1.165, 1.54) is 0 Å². The van der Waals surface area contributed by atoms with Crippen LogP contribution in [0.2, 0.25) is 0 Å². The minimum Gasteiger partial charge on any atom is -0.434 e. The van der Waals surface area contributed by atoms with Gasteiger partial charge in [-0.2, -0.15) is 0 Å². The van der Waals surface area contributed by atoms with E-state index in [-0.39, 0.29) is 5.38 Å². The fourth-order valence-corrected chi connectivity index (χ4v) is 1.12. The molecule has 10 heavy (non-hydrogen) atoms. The maximum atomic E-state index is 9.95. The maximum absolute atomic E-state index is 9.95. The minimum absolute atomic E-state index is 0.224. The molecule has 0 aromatic carbocycles. The van der Waals surface area contributed by atoms with Crippen LogP contribution in [0.15, 0.2) is 0 Å². The van der Waals surface area contributed by atoms with Crippen molar-refractivity contribution in [3.63, 3.8) is 0 Å². The van der Waals surface area contributed by atoms with Crippen LogP contribution < -0.4 is 0 Å². The molecule has 0 aliphatic carbocycles. The summed E-state index contributed by atoms with van der Waals surface area (Å²) in [6.45, 7) is 2.57. The molecular weight excluding hydrogens is 156 g/mol. The van der Waals surface area contributed by atoms with Gasteiger partial charge in [0.25, 0.3) is 6.47 Å². The highest BCUT2D eigenvalue weighted by Gasteiger charge is 2.40. The number of halogens is 1. The van der Waals surface area contributed by atoms with Crippen LogP contribution in [-0.2, 0) is 14.3 Å². The number of rotatable bonds is 2. The van der Waals surface area contributed by atoms with Gasteiger partial charge in [0.15, 0.2) is 0 Å². The van der Waals surface area contributed by atoms with E-state index in [2.05, 4.69) is 4.74 Å². The van der Waals surface area contributed by atoms with Crippen LogP contribution >= 0.6 is 11.6 Å². The highest BCUT2D eigenvalue weighted by Crippen LogP contribution is 2.30. The van der Waals surface area contributed by atoms with Crippen LogP contribution in [0.5, 0.6) is 0 Å². The molecule has 0 aromatic heterocycles. The lowest BCUT2D eigenvalue weighted by molar-refractivity contribution is -0.190. The Morgan fingerprint density at radius 2 is 2.60 bits per heavy atom. The van der Waals surface area contributed by atoms with Gasteiger partial charge in [-0.05, 0) is 6.42 Å². The van der Waals surface area contributed by atoms with Crippen LogP contribution in [0, 0.1) is 0 Å². The van der Waals surface area contributed by atoms with Crippen LogP contribution in [0.3, 0.4) is 0 Å². The Morgan fingerprint density at radius 3 is 3.00 bits per heavy atom. The molecule has 0 amide bonds. The molecule has 1 aliphatic heterocycles. The van der Waals surface area contributed by atoms with Crippen LogP contribution in [0.4, 0.5) is 0 Å². The van der Waals surface area contributed by atoms with Gasteiger partial charge in [0.1, 0.15) is 5.38 Å². The molecule has 3 nitrogen and oxygen atoms in total. The molecule has 1 heterocycles. The molecular formula is C6H9ClO3. The molecule has 1 aliphatic rings. The van der Waals surface area contributed by atoms with Gasteiger partial charge >= 0.3 is 0 Å². The van der Waals surface area contributed by atoms with Crippen molar-refractivity contribution in [2.24, 2.45) is 0 Å². The van der Waals surface area contributed by atoms with Crippen molar-refractivity contribution in [1.82, 2.24) is 0 Å². The molecule has 0 aromatic rings. The summed E-state index contributed by atoms with van der Waals surface area (Å²) in [4.78, 5) is 9.95. The quantitative estimate of drug-likeness (QED) is 0.450. The normalized spacial score (nSPS) is 39.6. The van der Waals surface area contributed by atoms with E-state index in [0.717, 1.165) is 6.42 Å². The zero-order chi connectivity index (χ0) is 7.61. The first-order chi connectivity index (χ1) is 4.69. The molecule has 2 atom stereocenters. The van der Waals surface area contributed by atoms with Crippen molar-refractivity contribution in [1.29, 1.82) is 0 Å². The third kappa shape index (κ3) is 1.25. The van der Waals surface area contributed by atoms with Gasteiger partial charge < -0.3 is 9.47 Å². The maximum Gasteiger partial charge on any atom is 0.295 e. The molecule has 0 spiro atoms. The summed E-state index contributed by atoms with van der Waals surface area (Å²) in [5.74, 6) is -0.899. The Bertz CT molecular complexity index is 139. The summed E-state index contributed by atoms with van der Waals surface area (Å²) in [5, 5.41) is -0.224. The van der Waals surface area contributed by atoms with Gasteiger partial charge in [-0.15, -0.1) is 11.6 Å². The fraction of sp³-hybridized carbons (Fsp3) is 0.833. The SMILES string of the molecule is CC1(OC=O)OCCC1Cl. The average molecular weight is 165 g/mol. The van der Waals surface area contributed by atoms with Gasteiger partial charge in [-0.1, -0.05) is 0 Å². The van der Waals surface area contributed by atoms with Crippen molar-refractivity contribution in [3.8, 4) is 0 Å². The summed E-state index contributed by atoms with van der Waals surface area (Å²) in [7, 11) is 0. The Balaban J connectivity index is 2.56. The van der Waals surface area contributed by atoms with Crippen molar-refractivity contribution in [3.05, 3.63) is 0 Å². The lowest BCUT2D eigenvalue weighted by Crippen LogP contribution is -2.35. The molecule has 0 saturated carbocycles. The Kier molecular flexibility index (Phi) is 2.16. The van der Waals surface area contributed by atoms with Crippen molar-refractivity contribution >= 4 is 18.1 Å². The molecule has 1 fully saturated rings. The lowest BCUT2D eigenvalue weighted by atomic mass is 10.2. The zero-order valence-corrected chi connectivity index (χ0v) is 6.43. The summed E-state index contributed by atoms with van der Waals surface area (Å²) < 4.78 is 9.78. The molecule has 2 unspecified atom stereocenters. The topological polar surface area (TPSA) is 35.5 Å². The van der Waals surface area contributed by atoms with E-state index in [9.17, 15) is 4.79 Å². The van der Waals surface area contributed by atoms with Crippen molar-refractivity contribution in [2.45, 2.75) is 24.5 Å². The largest absolute Gasteiger partial charge is 0.434 e. The first-order valence-corrected chi connectivity index (χ1v) is 3.52. The van der Waals surface area contributed by atoms with Crippen molar-refractivity contribution < 1.29 is 14.3 Å². The third-order valence-electron chi connectivity index (χ3n) is 1.61. The van der Waals surface area contributed by atoms with Gasteiger partial charge in [-0.25, -0.2) is 0 Å². The van der Waals surface area contributed by atoms with Gasteiger partial charge in [0, 0.05) is 6.92 Å². The predicted molar refractivity (Wildman–Crippen MR) is 35.8 cm³/mol. The van der Waals surface area contributed by atoms with E-state index >= 15 is 0 Å². The molecule has 1 saturated heterocycles. The number of hydrogen-bond acceptors (Lipinski definition) is 3. The van der Waals surface area contributed by atoms with Gasteiger partial charge in [-0.3, -0.25) is 4.79 Å². The van der Waals surface area contributed by atoms with E-state index < -0.39 is 5.79 Å². The third-order valence-corrected chi connectivity index (χ3v) is 2.23. The van der Waals surface area contributed by atoms with Crippen molar-refractivity contribution in [2.75, 3.05) is 6.61 Å². The smallest absolute Gasteiger partial charge is 0.295 e. The molecule has 58 valence electrons. The first-order valence-electron chi connectivity index (χ1n) is 3.08. The average Bonchev–Trinajstić information content (AvgIpc) is 2.15. The molecule has 0 radical (unpaired) electrons. The van der Waals surface area contributed by atoms with E-state index in [4.69, 9.17) is 16.3 Å². The number of ether oxygens (including phenoxy) is 2. The summed E-state index contributed by atoms with van der Waals surface area (Å²) in [6, 6.07) is 0. The minimum atomic E-state index is -0.899. The zero-order valence-electron chi connectivity index (χ0n) is 5.67. The second-order valence-electron chi connectivity index (χ2n) is 2.33. The van der Waals surface area contributed by atoms with Crippen LogP contribution in [-0.4, -0.2) is 24.2 Å². The van der Waals surface area contributed by atoms with Gasteiger partial charge in [0.2, 0.25) is 5.79 Å². The Hall–Kier alpha value is -0.280. The summed E-state index contributed by atoms with van der Waals surface area (Å²) >= 11 is 5.79. The van der Waals surface area contributed by atoms with Gasteiger partial charge in [0.05, 0.1) is 6.61 Å². The highest BCUT2D eigenvalue weighted by atomic mass is 35.5. The Labute approximate surface area is 64.3 Å². The molecule has 0 bridgehead atoms. The Morgan fingerprint density at radius 1 is 1.90 bits per heavy atom. The standard InChI is InChI=1S/C6H9ClO3/c1-6(10-4-8)5(7)2-3-9-6/h4-5H,2-3H2,1H3. The monoisotopic (exact) mass is 164 g/mol. The number of carbonyl (C=O) groups excluding carboxylic acids is 1. The molecule has 1 rings (SSSR count). The summed E-state index contributed by atoms with van der Waals surface area (Å²) in [5.41, 5.74) is 0. The highest BCUT2D eigenvalue weighted by molar-refractivity contribution is 6.21.